The van der Waals surface area contributed by atoms with Gasteiger partial charge in [-0.1, -0.05) is 0 Å². The van der Waals surface area contributed by atoms with Crippen molar-refractivity contribution in [1.29, 1.82) is 0 Å². The molecule has 0 aromatic carbocycles. The van der Waals surface area contributed by atoms with E-state index < -0.39 is 0 Å². The number of rotatable bonds is 7. The second kappa shape index (κ2) is 7.56. The van der Waals surface area contributed by atoms with Gasteiger partial charge in [-0.05, 0) is 45.0 Å². The standard InChI is InChI=1S/C14H24N2O2/c1-12(11-14-3-2-9-17-14)16-8-10-18-13-4-6-15-7-5-13/h2-3,9,12-13,15-16H,4-8,10-11H2,1H3. The highest BCUT2D eigenvalue weighted by molar-refractivity contribution is 4.99. The molecule has 0 amide bonds. The van der Waals surface area contributed by atoms with Gasteiger partial charge in [0.2, 0.25) is 0 Å². The molecule has 1 aliphatic rings. The van der Waals surface area contributed by atoms with E-state index in [4.69, 9.17) is 9.15 Å². The zero-order chi connectivity index (χ0) is 12.6. The predicted octanol–water partition coefficient (Wildman–Crippen LogP) is 1.57. The maximum absolute atomic E-state index is 5.84. The Morgan fingerprint density at radius 2 is 2.33 bits per heavy atom. The highest BCUT2D eigenvalue weighted by Crippen LogP contribution is 2.07. The smallest absolute Gasteiger partial charge is 0.105 e. The van der Waals surface area contributed by atoms with Gasteiger partial charge < -0.3 is 19.8 Å². The second-order valence-corrected chi connectivity index (χ2v) is 4.96. The third-order valence-electron chi connectivity index (χ3n) is 3.32. The number of furan rings is 1. The molecule has 1 aromatic heterocycles. The molecule has 1 aliphatic heterocycles. The van der Waals surface area contributed by atoms with Crippen LogP contribution >= 0.6 is 0 Å². The minimum absolute atomic E-state index is 0.424. The van der Waals surface area contributed by atoms with Gasteiger partial charge in [-0.2, -0.15) is 0 Å². The van der Waals surface area contributed by atoms with E-state index in [1.54, 1.807) is 6.26 Å². The van der Waals surface area contributed by atoms with Gasteiger partial charge in [0.1, 0.15) is 5.76 Å². The van der Waals surface area contributed by atoms with E-state index in [1.165, 1.54) is 0 Å². The molecule has 1 atom stereocenters. The highest BCUT2D eigenvalue weighted by atomic mass is 16.5. The quantitative estimate of drug-likeness (QED) is 0.723. The fraction of sp³-hybridized carbons (Fsp3) is 0.714. The fourth-order valence-electron chi connectivity index (χ4n) is 2.30. The Kier molecular flexibility index (Phi) is 5.71. The zero-order valence-corrected chi connectivity index (χ0v) is 11.2. The third-order valence-corrected chi connectivity index (χ3v) is 3.32. The molecule has 0 aliphatic carbocycles. The summed E-state index contributed by atoms with van der Waals surface area (Å²) in [6, 6.07) is 4.37. The average molecular weight is 252 g/mol. The summed E-state index contributed by atoms with van der Waals surface area (Å²) in [7, 11) is 0. The first-order chi connectivity index (χ1) is 8.84. The number of piperidine rings is 1. The van der Waals surface area contributed by atoms with Crippen molar-refractivity contribution in [3.63, 3.8) is 0 Å². The molecule has 0 spiro atoms. The van der Waals surface area contributed by atoms with Crippen LogP contribution in [0.1, 0.15) is 25.5 Å². The van der Waals surface area contributed by atoms with Crippen molar-refractivity contribution >= 4 is 0 Å². The van der Waals surface area contributed by atoms with Gasteiger partial charge in [0.25, 0.3) is 0 Å². The van der Waals surface area contributed by atoms with Crippen molar-refractivity contribution in [2.24, 2.45) is 0 Å². The van der Waals surface area contributed by atoms with Gasteiger partial charge in [-0.3, -0.25) is 0 Å². The van der Waals surface area contributed by atoms with Crippen molar-refractivity contribution in [2.45, 2.75) is 38.3 Å². The monoisotopic (exact) mass is 252 g/mol. The molecule has 1 saturated heterocycles. The topological polar surface area (TPSA) is 46.4 Å². The third kappa shape index (κ3) is 4.80. The first-order valence-electron chi connectivity index (χ1n) is 6.92. The Balaban J connectivity index is 1.52. The summed E-state index contributed by atoms with van der Waals surface area (Å²) in [4.78, 5) is 0. The van der Waals surface area contributed by atoms with Crippen LogP contribution in [0.4, 0.5) is 0 Å². The van der Waals surface area contributed by atoms with Crippen LogP contribution in [0.15, 0.2) is 22.8 Å². The second-order valence-electron chi connectivity index (χ2n) is 4.96. The lowest BCUT2D eigenvalue weighted by atomic mass is 10.1. The Hall–Kier alpha value is -0.840. The molecule has 2 N–H and O–H groups in total. The number of nitrogens with one attached hydrogen (secondary N) is 2. The summed E-state index contributed by atoms with van der Waals surface area (Å²) in [5, 5.41) is 6.80. The average Bonchev–Trinajstić information content (AvgIpc) is 2.89. The first-order valence-corrected chi connectivity index (χ1v) is 6.92. The van der Waals surface area contributed by atoms with Crippen LogP contribution in [0.2, 0.25) is 0 Å². The molecule has 0 saturated carbocycles. The number of hydrogen-bond acceptors (Lipinski definition) is 4. The maximum Gasteiger partial charge on any atom is 0.105 e. The predicted molar refractivity (Wildman–Crippen MR) is 71.7 cm³/mol. The van der Waals surface area contributed by atoms with Crippen LogP contribution in [0.3, 0.4) is 0 Å². The van der Waals surface area contributed by atoms with Crippen LogP contribution in [0, 0.1) is 0 Å². The van der Waals surface area contributed by atoms with Crippen molar-refractivity contribution in [1.82, 2.24) is 10.6 Å². The van der Waals surface area contributed by atoms with Gasteiger partial charge >= 0.3 is 0 Å². The molecule has 1 fully saturated rings. The lowest BCUT2D eigenvalue weighted by Crippen LogP contribution is -2.35. The van der Waals surface area contributed by atoms with Crippen molar-refractivity contribution in [2.75, 3.05) is 26.2 Å². The summed E-state index contributed by atoms with van der Waals surface area (Å²) < 4.78 is 11.2. The SMILES string of the molecule is CC(Cc1ccco1)NCCOC1CCNCC1. The number of hydrogen-bond donors (Lipinski definition) is 2. The first kappa shape index (κ1) is 13.6. The van der Waals surface area contributed by atoms with Gasteiger partial charge in [-0.25, -0.2) is 0 Å². The highest BCUT2D eigenvalue weighted by Gasteiger charge is 2.12. The van der Waals surface area contributed by atoms with Crippen molar-refractivity contribution in [3.8, 4) is 0 Å². The van der Waals surface area contributed by atoms with E-state index >= 15 is 0 Å². The molecule has 2 rings (SSSR count). The Morgan fingerprint density at radius 3 is 3.06 bits per heavy atom. The molecular formula is C14H24N2O2. The molecule has 102 valence electrons. The Morgan fingerprint density at radius 1 is 1.50 bits per heavy atom. The normalized spacial score (nSPS) is 18.9. The summed E-state index contributed by atoms with van der Waals surface area (Å²) in [6.45, 7) is 6.06. The lowest BCUT2D eigenvalue weighted by Gasteiger charge is -2.23. The molecule has 2 heterocycles. The Labute approximate surface area is 109 Å². The van der Waals surface area contributed by atoms with Crippen molar-refractivity contribution in [3.05, 3.63) is 24.2 Å². The molecule has 1 unspecified atom stereocenters. The van der Waals surface area contributed by atoms with E-state index in [1.807, 2.05) is 12.1 Å². The molecule has 4 heteroatoms. The summed E-state index contributed by atoms with van der Waals surface area (Å²) in [6.07, 6.45) is 5.39. The van der Waals surface area contributed by atoms with Crippen LogP contribution in [-0.4, -0.2) is 38.4 Å². The summed E-state index contributed by atoms with van der Waals surface area (Å²) in [5.41, 5.74) is 0. The van der Waals surface area contributed by atoms with E-state index in [9.17, 15) is 0 Å². The molecule has 4 nitrogen and oxygen atoms in total. The minimum atomic E-state index is 0.424. The van der Waals surface area contributed by atoms with Gasteiger partial charge in [0.05, 0.1) is 19.0 Å². The van der Waals surface area contributed by atoms with E-state index in [0.29, 0.717) is 12.1 Å². The molecule has 0 bridgehead atoms. The van der Waals surface area contributed by atoms with Crippen LogP contribution < -0.4 is 10.6 Å². The van der Waals surface area contributed by atoms with Crippen LogP contribution in [-0.2, 0) is 11.2 Å². The van der Waals surface area contributed by atoms with Crippen molar-refractivity contribution < 1.29 is 9.15 Å². The van der Waals surface area contributed by atoms with Crippen LogP contribution in [0.25, 0.3) is 0 Å². The Bertz CT molecular complexity index is 308. The van der Waals surface area contributed by atoms with Gasteiger partial charge in [0, 0.05) is 19.0 Å². The van der Waals surface area contributed by atoms with E-state index in [-0.39, 0.29) is 0 Å². The zero-order valence-electron chi connectivity index (χ0n) is 11.2. The number of ether oxygens (including phenoxy) is 1. The molecule has 0 radical (unpaired) electrons. The van der Waals surface area contributed by atoms with Gasteiger partial charge in [-0.15, -0.1) is 0 Å². The van der Waals surface area contributed by atoms with Crippen LogP contribution in [0.5, 0.6) is 0 Å². The maximum atomic E-state index is 5.84. The summed E-state index contributed by atoms with van der Waals surface area (Å²) in [5.74, 6) is 1.04. The minimum Gasteiger partial charge on any atom is -0.469 e. The largest absolute Gasteiger partial charge is 0.469 e. The van der Waals surface area contributed by atoms with E-state index in [2.05, 4.69) is 17.6 Å². The molecule has 18 heavy (non-hydrogen) atoms. The fourth-order valence-corrected chi connectivity index (χ4v) is 2.30. The summed E-state index contributed by atoms with van der Waals surface area (Å²) >= 11 is 0. The molecule has 1 aromatic rings. The van der Waals surface area contributed by atoms with Gasteiger partial charge in [0.15, 0.2) is 0 Å². The molecular weight excluding hydrogens is 228 g/mol. The lowest BCUT2D eigenvalue weighted by molar-refractivity contribution is 0.0340. The van der Waals surface area contributed by atoms with E-state index in [0.717, 1.165) is 51.3 Å².